The van der Waals surface area contributed by atoms with E-state index >= 15 is 0 Å². The van der Waals surface area contributed by atoms with Crippen LogP contribution in [0.1, 0.15) is 20.8 Å². The fourth-order valence-corrected chi connectivity index (χ4v) is 3.37. The van der Waals surface area contributed by atoms with Crippen LogP contribution < -0.4 is 5.43 Å². The summed E-state index contributed by atoms with van der Waals surface area (Å²) < 4.78 is 0. The van der Waals surface area contributed by atoms with E-state index in [0.717, 1.165) is 16.7 Å². The summed E-state index contributed by atoms with van der Waals surface area (Å²) in [7, 11) is 0. The van der Waals surface area contributed by atoms with Gasteiger partial charge in [-0.1, -0.05) is 41.4 Å². The Bertz CT molecular complexity index is 1030. The third-order valence-electron chi connectivity index (χ3n) is 3.79. The first-order valence-electron chi connectivity index (χ1n) is 7.87. The monoisotopic (exact) mass is 399 g/mol. The summed E-state index contributed by atoms with van der Waals surface area (Å²) in [5.74, 6) is -0.363. The van der Waals surface area contributed by atoms with Gasteiger partial charge in [-0.15, -0.1) is 11.3 Å². The SMILES string of the molecule is Cc1ccc(-c2ccsc2C(=O)N/N=C\c2cc([N+](=O)[O-])ccc2Cl)cc1. The van der Waals surface area contributed by atoms with Crippen molar-refractivity contribution in [3.8, 4) is 11.1 Å². The highest BCUT2D eigenvalue weighted by molar-refractivity contribution is 7.12. The van der Waals surface area contributed by atoms with Gasteiger partial charge in [0.25, 0.3) is 11.6 Å². The average molecular weight is 400 g/mol. The first-order valence-corrected chi connectivity index (χ1v) is 9.13. The second-order valence-corrected chi connectivity index (χ2v) is 7.01. The number of amides is 1. The molecule has 3 rings (SSSR count). The largest absolute Gasteiger partial charge is 0.282 e. The van der Waals surface area contributed by atoms with Crippen LogP contribution in [0.15, 0.2) is 59.0 Å². The molecule has 0 spiro atoms. The Kier molecular flexibility index (Phi) is 5.63. The van der Waals surface area contributed by atoms with Gasteiger partial charge in [0.1, 0.15) is 4.88 Å². The Labute approximate surface area is 164 Å². The number of hydrogen-bond acceptors (Lipinski definition) is 5. The summed E-state index contributed by atoms with van der Waals surface area (Å²) in [6, 6.07) is 13.8. The Balaban J connectivity index is 1.77. The van der Waals surface area contributed by atoms with Crippen LogP contribution in [-0.4, -0.2) is 17.0 Å². The van der Waals surface area contributed by atoms with Crippen molar-refractivity contribution in [2.75, 3.05) is 0 Å². The van der Waals surface area contributed by atoms with E-state index < -0.39 is 4.92 Å². The maximum Gasteiger partial charge on any atom is 0.282 e. The van der Waals surface area contributed by atoms with Crippen molar-refractivity contribution in [3.05, 3.63) is 85.1 Å². The molecule has 0 atom stereocenters. The van der Waals surface area contributed by atoms with Gasteiger partial charge in [-0.05, 0) is 30.0 Å². The summed E-state index contributed by atoms with van der Waals surface area (Å²) >= 11 is 7.32. The van der Waals surface area contributed by atoms with Crippen LogP contribution in [0.3, 0.4) is 0 Å². The minimum absolute atomic E-state index is 0.105. The molecule has 0 fully saturated rings. The van der Waals surface area contributed by atoms with Gasteiger partial charge in [0.2, 0.25) is 0 Å². The van der Waals surface area contributed by atoms with Crippen molar-refractivity contribution in [3.63, 3.8) is 0 Å². The molecule has 1 N–H and O–H groups in total. The lowest BCUT2D eigenvalue weighted by atomic mass is 10.1. The van der Waals surface area contributed by atoms with Crippen molar-refractivity contribution in [1.82, 2.24) is 5.43 Å². The van der Waals surface area contributed by atoms with Gasteiger partial charge in [0.15, 0.2) is 0 Å². The molecule has 8 heteroatoms. The quantitative estimate of drug-likeness (QED) is 0.370. The third kappa shape index (κ3) is 4.39. The molecule has 27 heavy (non-hydrogen) atoms. The number of carbonyl (C=O) groups excluding carboxylic acids is 1. The van der Waals surface area contributed by atoms with Crippen molar-refractivity contribution in [2.45, 2.75) is 6.92 Å². The summed E-state index contributed by atoms with van der Waals surface area (Å²) in [5, 5.41) is 16.9. The van der Waals surface area contributed by atoms with Crippen LogP contribution >= 0.6 is 22.9 Å². The fraction of sp³-hybridized carbons (Fsp3) is 0.0526. The van der Waals surface area contributed by atoms with Gasteiger partial charge < -0.3 is 0 Å². The highest BCUT2D eigenvalue weighted by atomic mass is 35.5. The van der Waals surface area contributed by atoms with E-state index in [2.05, 4.69) is 10.5 Å². The summed E-state index contributed by atoms with van der Waals surface area (Å²) in [6.45, 7) is 2.00. The van der Waals surface area contributed by atoms with Crippen LogP contribution in [-0.2, 0) is 0 Å². The van der Waals surface area contributed by atoms with E-state index in [1.54, 1.807) is 0 Å². The number of nitro benzene ring substituents is 1. The normalized spacial score (nSPS) is 10.9. The average Bonchev–Trinajstić information content (AvgIpc) is 3.13. The van der Waals surface area contributed by atoms with Crippen LogP contribution in [0.25, 0.3) is 11.1 Å². The third-order valence-corrected chi connectivity index (χ3v) is 5.05. The van der Waals surface area contributed by atoms with E-state index in [9.17, 15) is 14.9 Å². The Hall–Kier alpha value is -3.03. The molecule has 0 bridgehead atoms. The molecule has 3 aromatic rings. The molecular weight excluding hydrogens is 386 g/mol. The van der Waals surface area contributed by atoms with Crippen LogP contribution in [0.4, 0.5) is 5.69 Å². The number of hydrogen-bond donors (Lipinski definition) is 1. The number of nitro groups is 1. The summed E-state index contributed by atoms with van der Waals surface area (Å²) in [5.41, 5.74) is 5.58. The maximum atomic E-state index is 12.5. The van der Waals surface area contributed by atoms with Crippen LogP contribution in [0.5, 0.6) is 0 Å². The van der Waals surface area contributed by atoms with Crippen LogP contribution in [0, 0.1) is 17.0 Å². The lowest BCUT2D eigenvalue weighted by Crippen LogP contribution is -2.17. The number of non-ortho nitro benzene ring substituents is 1. The molecule has 0 aliphatic rings. The lowest BCUT2D eigenvalue weighted by Gasteiger charge is -2.04. The van der Waals surface area contributed by atoms with E-state index in [-0.39, 0.29) is 11.6 Å². The number of carbonyl (C=O) groups is 1. The lowest BCUT2D eigenvalue weighted by molar-refractivity contribution is -0.384. The number of halogens is 1. The van der Waals surface area contributed by atoms with E-state index in [1.807, 2.05) is 42.6 Å². The second-order valence-electron chi connectivity index (χ2n) is 5.69. The first kappa shape index (κ1) is 18.8. The number of aryl methyl sites for hydroxylation is 1. The van der Waals surface area contributed by atoms with E-state index in [0.29, 0.717) is 15.5 Å². The van der Waals surface area contributed by atoms with Gasteiger partial charge in [-0.25, -0.2) is 5.43 Å². The standard InChI is InChI=1S/C19H14ClN3O3S/c1-12-2-4-13(5-3-12)16-8-9-27-18(16)19(24)22-21-11-14-10-15(23(25)26)6-7-17(14)20/h2-11H,1H3,(H,22,24)/b21-11-. The van der Waals surface area contributed by atoms with E-state index in [1.165, 1.54) is 35.8 Å². The van der Waals surface area contributed by atoms with Crippen molar-refractivity contribution in [2.24, 2.45) is 5.10 Å². The molecule has 0 aliphatic heterocycles. The summed E-state index contributed by atoms with van der Waals surface area (Å²) in [4.78, 5) is 23.3. The zero-order chi connectivity index (χ0) is 19.4. The number of hydrazone groups is 1. The van der Waals surface area contributed by atoms with E-state index in [4.69, 9.17) is 11.6 Å². The molecule has 0 radical (unpaired) electrons. The number of nitrogens with one attached hydrogen (secondary N) is 1. The molecule has 1 amide bonds. The van der Waals surface area contributed by atoms with Gasteiger partial charge in [-0.3, -0.25) is 14.9 Å². The van der Waals surface area contributed by atoms with Crippen molar-refractivity contribution < 1.29 is 9.72 Å². The van der Waals surface area contributed by atoms with Crippen LogP contribution in [0.2, 0.25) is 5.02 Å². The number of benzene rings is 2. The molecule has 0 saturated heterocycles. The second kappa shape index (κ2) is 8.11. The highest BCUT2D eigenvalue weighted by Gasteiger charge is 2.14. The predicted octanol–water partition coefficient (Wildman–Crippen LogP) is 5.05. The molecule has 136 valence electrons. The number of thiophene rings is 1. The molecule has 2 aromatic carbocycles. The highest BCUT2D eigenvalue weighted by Crippen LogP contribution is 2.28. The zero-order valence-corrected chi connectivity index (χ0v) is 15.8. The predicted molar refractivity (Wildman–Crippen MR) is 108 cm³/mol. The Morgan fingerprint density at radius 2 is 1.96 bits per heavy atom. The first-order chi connectivity index (χ1) is 13.0. The van der Waals surface area contributed by atoms with Gasteiger partial charge in [0, 0.05) is 28.3 Å². The summed E-state index contributed by atoms with van der Waals surface area (Å²) in [6.07, 6.45) is 1.28. The molecule has 0 unspecified atom stereocenters. The van der Waals surface area contributed by atoms with Gasteiger partial charge in [0.05, 0.1) is 11.1 Å². The minimum Gasteiger partial charge on any atom is -0.266 e. The molecule has 1 aromatic heterocycles. The molecular formula is C19H14ClN3O3S. The Morgan fingerprint density at radius 1 is 1.22 bits per heavy atom. The number of nitrogens with zero attached hydrogens (tertiary/aromatic N) is 2. The van der Waals surface area contributed by atoms with Crippen molar-refractivity contribution >= 4 is 40.7 Å². The number of rotatable bonds is 5. The zero-order valence-electron chi connectivity index (χ0n) is 14.2. The smallest absolute Gasteiger partial charge is 0.266 e. The molecule has 0 aliphatic carbocycles. The molecule has 0 saturated carbocycles. The topological polar surface area (TPSA) is 84.6 Å². The molecule has 6 nitrogen and oxygen atoms in total. The minimum atomic E-state index is -0.522. The fourth-order valence-electron chi connectivity index (χ4n) is 2.40. The van der Waals surface area contributed by atoms with Gasteiger partial charge in [-0.2, -0.15) is 5.10 Å². The Morgan fingerprint density at radius 3 is 2.67 bits per heavy atom. The molecule has 1 heterocycles. The van der Waals surface area contributed by atoms with Gasteiger partial charge >= 0.3 is 0 Å². The maximum absolute atomic E-state index is 12.5. The van der Waals surface area contributed by atoms with Crippen molar-refractivity contribution in [1.29, 1.82) is 0 Å².